The van der Waals surface area contributed by atoms with E-state index >= 15 is 0 Å². The third kappa shape index (κ3) is 5.48. The molecule has 0 bridgehead atoms. The minimum absolute atomic E-state index is 0.0261. The van der Waals surface area contributed by atoms with Gasteiger partial charge in [0.05, 0.1) is 6.04 Å². The number of carbonyl (C=O) groups is 2. The van der Waals surface area contributed by atoms with E-state index in [0.29, 0.717) is 12.8 Å². The van der Waals surface area contributed by atoms with Gasteiger partial charge in [-0.1, -0.05) is 60.7 Å². The second-order valence-corrected chi connectivity index (χ2v) is 8.64. The average molecular weight is 439 g/mol. The standard InChI is InChI=1S/C25H30N2O5/c1-24(2,3)32-23(29)27-16-17-31-25(27,21(26)15-14-19-10-6-4-7-11-19)22(28)30-18-20-12-8-5-9-13-20/h4-13,16-17,21H,14-15,18,26H2,1-3H3/t21-,25?/m1/s1. The minimum atomic E-state index is -1.86. The Morgan fingerprint density at radius 2 is 1.62 bits per heavy atom. The lowest BCUT2D eigenvalue weighted by atomic mass is 9.96. The molecule has 2 aromatic rings. The predicted octanol–water partition coefficient (Wildman–Crippen LogP) is 4.12. The van der Waals surface area contributed by atoms with Gasteiger partial charge in [0.15, 0.2) is 0 Å². The number of rotatable bonds is 7. The van der Waals surface area contributed by atoms with E-state index in [-0.39, 0.29) is 6.61 Å². The molecule has 7 nitrogen and oxygen atoms in total. The van der Waals surface area contributed by atoms with E-state index in [1.54, 1.807) is 20.8 Å². The molecule has 2 atom stereocenters. The summed E-state index contributed by atoms with van der Waals surface area (Å²) in [5.74, 6) is -0.752. The maximum absolute atomic E-state index is 13.4. The van der Waals surface area contributed by atoms with Gasteiger partial charge in [0.1, 0.15) is 18.5 Å². The Labute approximate surface area is 188 Å². The van der Waals surface area contributed by atoms with Crippen LogP contribution in [0.25, 0.3) is 0 Å². The highest BCUT2D eigenvalue weighted by molar-refractivity contribution is 5.86. The number of aryl methyl sites for hydroxylation is 1. The SMILES string of the molecule is CC(C)(C)OC(=O)N1C=COC1(C(=O)OCc1ccccc1)[C@H](N)CCc1ccccc1. The fourth-order valence-corrected chi connectivity index (χ4v) is 3.42. The van der Waals surface area contributed by atoms with Crippen molar-refractivity contribution < 1.29 is 23.8 Å². The third-order valence-corrected chi connectivity index (χ3v) is 5.00. The monoisotopic (exact) mass is 438 g/mol. The van der Waals surface area contributed by atoms with Gasteiger partial charge in [-0.3, -0.25) is 0 Å². The van der Waals surface area contributed by atoms with Crippen molar-refractivity contribution in [1.29, 1.82) is 0 Å². The average Bonchev–Trinajstić information content (AvgIpc) is 3.22. The molecule has 1 amide bonds. The number of amides is 1. The second kappa shape index (κ2) is 9.87. The molecular formula is C25H30N2O5. The predicted molar refractivity (Wildman–Crippen MR) is 120 cm³/mol. The first kappa shape index (κ1) is 23.3. The molecule has 2 aromatic carbocycles. The molecule has 32 heavy (non-hydrogen) atoms. The van der Waals surface area contributed by atoms with Gasteiger partial charge in [-0.2, -0.15) is 0 Å². The van der Waals surface area contributed by atoms with Crippen LogP contribution in [0.1, 0.15) is 38.3 Å². The number of nitrogens with two attached hydrogens (primary N) is 1. The molecule has 0 saturated heterocycles. The number of ether oxygens (including phenoxy) is 3. The van der Waals surface area contributed by atoms with Crippen molar-refractivity contribution >= 4 is 12.1 Å². The third-order valence-electron chi connectivity index (χ3n) is 5.00. The Balaban J connectivity index is 1.83. The lowest BCUT2D eigenvalue weighted by molar-refractivity contribution is -0.183. The van der Waals surface area contributed by atoms with Crippen LogP contribution in [-0.2, 0) is 32.0 Å². The van der Waals surface area contributed by atoms with E-state index in [0.717, 1.165) is 16.0 Å². The molecule has 0 fully saturated rings. The van der Waals surface area contributed by atoms with Gasteiger partial charge in [-0.25, -0.2) is 14.5 Å². The number of nitrogens with zero attached hydrogens (tertiary/aromatic N) is 1. The Morgan fingerprint density at radius 3 is 2.22 bits per heavy atom. The number of carbonyl (C=O) groups excluding carboxylic acids is 2. The summed E-state index contributed by atoms with van der Waals surface area (Å²) in [5.41, 5.74) is 5.76. The van der Waals surface area contributed by atoms with Crippen molar-refractivity contribution in [2.45, 2.75) is 57.6 Å². The molecule has 1 unspecified atom stereocenters. The Bertz CT molecular complexity index is 940. The molecule has 1 aliphatic heterocycles. The molecule has 1 heterocycles. The van der Waals surface area contributed by atoms with Crippen LogP contribution in [0.4, 0.5) is 4.79 Å². The Morgan fingerprint density at radius 1 is 1.03 bits per heavy atom. The van der Waals surface area contributed by atoms with Crippen molar-refractivity contribution in [3.8, 4) is 0 Å². The second-order valence-electron chi connectivity index (χ2n) is 8.64. The summed E-state index contributed by atoms with van der Waals surface area (Å²) in [6.07, 6.45) is 2.88. The van der Waals surface area contributed by atoms with E-state index in [4.69, 9.17) is 19.9 Å². The molecule has 0 radical (unpaired) electrons. The highest BCUT2D eigenvalue weighted by atomic mass is 16.6. The number of esters is 1. The molecular weight excluding hydrogens is 408 g/mol. The van der Waals surface area contributed by atoms with Crippen LogP contribution in [0, 0.1) is 0 Å². The molecule has 2 N–H and O–H groups in total. The van der Waals surface area contributed by atoms with Crippen molar-refractivity contribution in [3.05, 3.63) is 84.3 Å². The van der Waals surface area contributed by atoms with Crippen molar-refractivity contribution in [2.24, 2.45) is 5.73 Å². The molecule has 170 valence electrons. The van der Waals surface area contributed by atoms with Gasteiger partial charge in [-0.05, 0) is 44.7 Å². The number of hydrogen-bond acceptors (Lipinski definition) is 6. The summed E-state index contributed by atoms with van der Waals surface area (Å²) in [6.45, 7) is 5.27. The number of hydrogen-bond donors (Lipinski definition) is 1. The van der Waals surface area contributed by atoms with Crippen LogP contribution in [0.15, 0.2) is 73.1 Å². The highest BCUT2D eigenvalue weighted by Gasteiger charge is 2.57. The van der Waals surface area contributed by atoms with Crippen molar-refractivity contribution in [2.75, 3.05) is 0 Å². The topological polar surface area (TPSA) is 91.1 Å². The fourth-order valence-electron chi connectivity index (χ4n) is 3.42. The Kier molecular flexibility index (Phi) is 7.20. The lowest BCUT2D eigenvalue weighted by Crippen LogP contribution is -2.65. The largest absolute Gasteiger partial charge is 0.461 e. The van der Waals surface area contributed by atoms with E-state index in [1.165, 1.54) is 12.5 Å². The van der Waals surface area contributed by atoms with Gasteiger partial charge < -0.3 is 19.9 Å². The fraction of sp³-hybridized carbons (Fsp3) is 0.360. The van der Waals surface area contributed by atoms with Crippen LogP contribution in [-0.4, -0.2) is 34.3 Å². The van der Waals surface area contributed by atoms with Crippen molar-refractivity contribution in [3.63, 3.8) is 0 Å². The van der Waals surface area contributed by atoms with Gasteiger partial charge in [0.25, 0.3) is 0 Å². The van der Waals surface area contributed by atoms with Crippen LogP contribution in [0.5, 0.6) is 0 Å². The minimum Gasteiger partial charge on any atom is -0.461 e. The molecule has 0 aliphatic carbocycles. The molecule has 1 aliphatic rings. The van der Waals surface area contributed by atoms with Gasteiger partial charge in [0, 0.05) is 6.20 Å². The normalized spacial score (nSPS) is 18.7. The quantitative estimate of drug-likeness (QED) is 0.654. The summed E-state index contributed by atoms with van der Waals surface area (Å²) in [6, 6.07) is 18.2. The maximum Gasteiger partial charge on any atom is 0.418 e. The highest BCUT2D eigenvalue weighted by Crippen LogP contribution is 2.33. The zero-order chi connectivity index (χ0) is 23.2. The van der Waals surface area contributed by atoms with Crippen LogP contribution < -0.4 is 5.73 Å². The van der Waals surface area contributed by atoms with Crippen molar-refractivity contribution in [1.82, 2.24) is 4.90 Å². The van der Waals surface area contributed by atoms with Gasteiger partial charge in [0.2, 0.25) is 0 Å². The van der Waals surface area contributed by atoms with E-state index in [1.807, 2.05) is 60.7 Å². The first-order valence-corrected chi connectivity index (χ1v) is 10.6. The van der Waals surface area contributed by atoms with E-state index in [2.05, 4.69) is 0 Å². The lowest BCUT2D eigenvalue weighted by Gasteiger charge is -2.38. The van der Waals surface area contributed by atoms with Gasteiger partial charge >= 0.3 is 17.8 Å². The van der Waals surface area contributed by atoms with E-state index in [9.17, 15) is 9.59 Å². The van der Waals surface area contributed by atoms with Crippen LogP contribution >= 0.6 is 0 Å². The van der Waals surface area contributed by atoms with Crippen LogP contribution in [0.2, 0.25) is 0 Å². The first-order valence-electron chi connectivity index (χ1n) is 10.6. The summed E-state index contributed by atoms with van der Waals surface area (Å²) >= 11 is 0. The molecule has 7 heteroatoms. The van der Waals surface area contributed by atoms with Gasteiger partial charge in [-0.15, -0.1) is 0 Å². The Hall–Kier alpha value is -3.32. The summed E-state index contributed by atoms with van der Waals surface area (Å²) in [7, 11) is 0. The zero-order valence-corrected chi connectivity index (χ0v) is 18.7. The summed E-state index contributed by atoms with van der Waals surface area (Å²) in [5, 5.41) is 0. The van der Waals surface area contributed by atoms with E-state index < -0.39 is 29.4 Å². The summed E-state index contributed by atoms with van der Waals surface area (Å²) in [4.78, 5) is 27.4. The molecule has 0 aromatic heterocycles. The molecule has 0 saturated carbocycles. The van der Waals surface area contributed by atoms with Crippen LogP contribution in [0.3, 0.4) is 0 Å². The smallest absolute Gasteiger partial charge is 0.418 e. The zero-order valence-electron chi connectivity index (χ0n) is 18.7. The summed E-state index contributed by atoms with van der Waals surface area (Å²) < 4.78 is 16.8. The molecule has 0 spiro atoms. The molecule has 3 rings (SSSR count). The first-order chi connectivity index (χ1) is 15.2. The number of benzene rings is 2. The maximum atomic E-state index is 13.4.